The standard InChI is InChI=1S/C11H13F2NO/c12-10(13)15-9-3-1-8(2-4-9)7-11(14)5-6-11/h1-4,10H,5-7,14H2. The van der Waals surface area contributed by atoms with Crippen molar-refractivity contribution in [2.75, 3.05) is 0 Å². The van der Waals surface area contributed by atoms with E-state index < -0.39 is 6.61 Å². The molecule has 0 unspecified atom stereocenters. The molecule has 1 aromatic carbocycles. The summed E-state index contributed by atoms with van der Waals surface area (Å²) in [5, 5.41) is 0. The highest BCUT2D eigenvalue weighted by Gasteiger charge is 2.37. The Balaban J connectivity index is 1.97. The van der Waals surface area contributed by atoms with Gasteiger partial charge < -0.3 is 10.5 Å². The minimum absolute atomic E-state index is 0.0505. The van der Waals surface area contributed by atoms with Gasteiger partial charge in [0, 0.05) is 5.54 Å². The van der Waals surface area contributed by atoms with E-state index in [0.29, 0.717) is 0 Å². The number of halogens is 2. The van der Waals surface area contributed by atoms with E-state index in [1.807, 2.05) is 0 Å². The summed E-state index contributed by atoms with van der Waals surface area (Å²) in [7, 11) is 0. The molecular formula is C11H13F2NO. The second-order valence-corrected chi connectivity index (χ2v) is 4.06. The largest absolute Gasteiger partial charge is 0.435 e. The summed E-state index contributed by atoms with van der Waals surface area (Å²) in [4.78, 5) is 0. The van der Waals surface area contributed by atoms with Crippen LogP contribution >= 0.6 is 0 Å². The molecule has 0 amide bonds. The van der Waals surface area contributed by atoms with Gasteiger partial charge in [0.1, 0.15) is 5.75 Å². The highest BCUT2D eigenvalue weighted by Crippen LogP contribution is 2.35. The van der Waals surface area contributed by atoms with Gasteiger partial charge in [-0.15, -0.1) is 0 Å². The van der Waals surface area contributed by atoms with Crippen LogP contribution in [0, 0.1) is 0 Å². The molecule has 0 radical (unpaired) electrons. The van der Waals surface area contributed by atoms with Crippen molar-refractivity contribution in [3.63, 3.8) is 0 Å². The van der Waals surface area contributed by atoms with Crippen LogP contribution in [0.5, 0.6) is 5.75 Å². The van der Waals surface area contributed by atoms with Gasteiger partial charge in [-0.3, -0.25) is 0 Å². The smallest absolute Gasteiger partial charge is 0.387 e. The topological polar surface area (TPSA) is 35.2 Å². The zero-order valence-electron chi connectivity index (χ0n) is 8.25. The van der Waals surface area contributed by atoms with Crippen LogP contribution in [0.3, 0.4) is 0 Å². The van der Waals surface area contributed by atoms with Crippen LogP contribution in [0.25, 0.3) is 0 Å². The minimum atomic E-state index is -2.76. The molecule has 15 heavy (non-hydrogen) atoms. The zero-order valence-corrected chi connectivity index (χ0v) is 8.25. The molecule has 0 aliphatic heterocycles. The summed E-state index contributed by atoms with van der Waals surface area (Å²) in [6, 6.07) is 6.66. The Labute approximate surface area is 87.0 Å². The second-order valence-electron chi connectivity index (χ2n) is 4.06. The monoisotopic (exact) mass is 213 g/mol. The fourth-order valence-corrected chi connectivity index (χ4v) is 1.53. The number of hydrogen-bond acceptors (Lipinski definition) is 2. The molecule has 1 aliphatic rings. The Morgan fingerprint density at radius 1 is 1.27 bits per heavy atom. The van der Waals surface area contributed by atoms with Gasteiger partial charge in [-0.2, -0.15) is 8.78 Å². The fourth-order valence-electron chi connectivity index (χ4n) is 1.53. The molecule has 1 aliphatic carbocycles. The Bertz CT molecular complexity index is 333. The molecule has 1 saturated carbocycles. The number of benzene rings is 1. The molecule has 0 spiro atoms. The van der Waals surface area contributed by atoms with Gasteiger partial charge in [-0.1, -0.05) is 12.1 Å². The van der Waals surface area contributed by atoms with Crippen LogP contribution in [0.1, 0.15) is 18.4 Å². The third-order valence-corrected chi connectivity index (χ3v) is 2.60. The van der Waals surface area contributed by atoms with Gasteiger partial charge >= 0.3 is 6.61 Å². The Morgan fingerprint density at radius 3 is 2.33 bits per heavy atom. The average Bonchev–Trinajstić information content (AvgIpc) is 2.86. The van der Waals surface area contributed by atoms with Crippen molar-refractivity contribution in [3.8, 4) is 5.75 Å². The molecule has 1 fully saturated rings. The maximum absolute atomic E-state index is 11.9. The normalized spacial score (nSPS) is 17.9. The van der Waals surface area contributed by atoms with Gasteiger partial charge in [-0.05, 0) is 37.0 Å². The van der Waals surface area contributed by atoms with Crippen molar-refractivity contribution < 1.29 is 13.5 Å². The molecule has 82 valence electrons. The lowest BCUT2D eigenvalue weighted by Gasteiger charge is -2.09. The lowest BCUT2D eigenvalue weighted by molar-refractivity contribution is -0.0498. The second kappa shape index (κ2) is 3.77. The maximum Gasteiger partial charge on any atom is 0.387 e. The number of nitrogens with two attached hydrogens (primary N) is 1. The lowest BCUT2D eigenvalue weighted by atomic mass is 10.1. The van der Waals surface area contributed by atoms with Crippen molar-refractivity contribution in [1.29, 1.82) is 0 Å². The summed E-state index contributed by atoms with van der Waals surface area (Å²) >= 11 is 0. The molecule has 0 atom stereocenters. The average molecular weight is 213 g/mol. The highest BCUT2D eigenvalue weighted by atomic mass is 19.3. The van der Waals surface area contributed by atoms with Crippen LogP contribution in [-0.2, 0) is 6.42 Å². The van der Waals surface area contributed by atoms with E-state index in [0.717, 1.165) is 24.8 Å². The summed E-state index contributed by atoms with van der Waals surface area (Å²) in [5.41, 5.74) is 6.96. The number of alkyl halides is 2. The van der Waals surface area contributed by atoms with Crippen LogP contribution in [-0.4, -0.2) is 12.2 Å². The first-order valence-corrected chi connectivity index (χ1v) is 4.90. The Morgan fingerprint density at radius 2 is 1.87 bits per heavy atom. The van der Waals surface area contributed by atoms with E-state index in [2.05, 4.69) is 4.74 Å². The molecule has 2 rings (SSSR count). The molecule has 2 N–H and O–H groups in total. The quantitative estimate of drug-likeness (QED) is 0.833. The predicted octanol–water partition coefficient (Wildman–Crippen LogP) is 2.32. The maximum atomic E-state index is 11.9. The van der Waals surface area contributed by atoms with Crippen LogP contribution in [0.15, 0.2) is 24.3 Å². The molecular weight excluding hydrogens is 200 g/mol. The molecule has 4 heteroatoms. The van der Waals surface area contributed by atoms with E-state index in [4.69, 9.17) is 5.73 Å². The number of ether oxygens (including phenoxy) is 1. The Kier molecular flexibility index (Phi) is 2.61. The minimum Gasteiger partial charge on any atom is -0.435 e. The molecule has 0 aromatic heterocycles. The van der Waals surface area contributed by atoms with E-state index >= 15 is 0 Å². The molecule has 1 aromatic rings. The van der Waals surface area contributed by atoms with Gasteiger partial charge in [0.15, 0.2) is 0 Å². The van der Waals surface area contributed by atoms with E-state index in [1.54, 1.807) is 24.3 Å². The van der Waals surface area contributed by atoms with Crippen LogP contribution in [0.4, 0.5) is 8.78 Å². The zero-order chi connectivity index (χ0) is 10.9. The molecule has 0 heterocycles. The Hall–Kier alpha value is -1.16. The fraction of sp³-hybridized carbons (Fsp3) is 0.455. The third kappa shape index (κ3) is 2.89. The molecule has 0 bridgehead atoms. The van der Waals surface area contributed by atoms with Crippen LogP contribution < -0.4 is 10.5 Å². The number of rotatable bonds is 4. The summed E-state index contributed by atoms with van der Waals surface area (Å²) < 4.78 is 28.0. The molecule has 0 saturated heterocycles. The van der Waals surface area contributed by atoms with Gasteiger partial charge in [0.25, 0.3) is 0 Å². The first kappa shape index (κ1) is 10.4. The molecule has 2 nitrogen and oxygen atoms in total. The summed E-state index contributed by atoms with van der Waals surface area (Å²) in [6.45, 7) is -2.76. The van der Waals surface area contributed by atoms with E-state index in [-0.39, 0.29) is 11.3 Å². The summed E-state index contributed by atoms with van der Waals surface area (Å²) in [6.07, 6.45) is 2.90. The van der Waals surface area contributed by atoms with Crippen molar-refractivity contribution in [3.05, 3.63) is 29.8 Å². The predicted molar refractivity (Wildman–Crippen MR) is 52.9 cm³/mol. The van der Waals surface area contributed by atoms with Crippen molar-refractivity contribution in [2.45, 2.75) is 31.4 Å². The SMILES string of the molecule is NC1(Cc2ccc(OC(F)F)cc2)CC1. The third-order valence-electron chi connectivity index (χ3n) is 2.60. The van der Waals surface area contributed by atoms with Crippen LogP contribution in [0.2, 0.25) is 0 Å². The number of hydrogen-bond donors (Lipinski definition) is 1. The van der Waals surface area contributed by atoms with Crippen molar-refractivity contribution in [2.24, 2.45) is 5.73 Å². The first-order valence-electron chi connectivity index (χ1n) is 4.90. The van der Waals surface area contributed by atoms with Crippen molar-refractivity contribution >= 4 is 0 Å². The van der Waals surface area contributed by atoms with Crippen molar-refractivity contribution in [1.82, 2.24) is 0 Å². The first-order chi connectivity index (χ1) is 7.07. The van der Waals surface area contributed by atoms with Gasteiger partial charge in [0.2, 0.25) is 0 Å². The van der Waals surface area contributed by atoms with E-state index in [9.17, 15) is 8.78 Å². The highest BCUT2D eigenvalue weighted by molar-refractivity contribution is 5.29. The van der Waals surface area contributed by atoms with E-state index in [1.165, 1.54) is 0 Å². The van der Waals surface area contributed by atoms with Gasteiger partial charge in [-0.25, -0.2) is 0 Å². The lowest BCUT2D eigenvalue weighted by Crippen LogP contribution is -2.24. The summed E-state index contributed by atoms with van der Waals surface area (Å²) in [5.74, 6) is 0.190. The van der Waals surface area contributed by atoms with Gasteiger partial charge in [0.05, 0.1) is 0 Å².